The van der Waals surface area contributed by atoms with Gasteiger partial charge in [0.25, 0.3) is 5.91 Å². The number of nitrogens with two attached hydrogens (primary N) is 1. The van der Waals surface area contributed by atoms with Crippen LogP contribution in [0, 0.1) is 0 Å². The van der Waals surface area contributed by atoms with Crippen LogP contribution in [0.3, 0.4) is 0 Å². The number of fused-ring (bicyclic) bond motifs is 5. The highest BCUT2D eigenvalue weighted by molar-refractivity contribution is 8.44. The van der Waals surface area contributed by atoms with E-state index in [1.807, 2.05) is 0 Å². The van der Waals surface area contributed by atoms with Crippen molar-refractivity contribution in [2.75, 3.05) is 12.3 Å². The Hall–Kier alpha value is -2.29. The van der Waals surface area contributed by atoms with E-state index in [2.05, 4.69) is 42.2 Å². The van der Waals surface area contributed by atoms with Crippen molar-refractivity contribution in [1.29, 1.82) is 0 Å². The molecule has 2 aromatic heterocycles. The minimum Gasteiger partial charge on any atom is -0.388 e. The summed E-state index contributed by atoms with van der Waals surface area (Å²) in [6.45, 7) is -7.64. The average Bonchev–Trinajstić information content (AvgIpc) is 3.70. The van der Waals surface area contributed by atoms with E-state index in [4.69, 9.17) is 40.4 Å². The molecule has 7 rings (SSSR count). The van der Waals surface area contributed by atoms with Gasteiger partial charge in [-0.1, -0.05) is 12.2 Å². The molecule has 23 heteroatoms. The van der Waals surface area contributed by atoms with E-state index < -0.39 is 81.0 Å². The fourth-order valence-electron chi connectivity index (χ4n) is 5.76. The van der Waals surface area contributed by atoms with Crippen LogP contribution in [0.25, 0.3) is 11.2 Å². The highest BCUT2D eigenvalue weighted by atomic mass is 32.7. The van der Waals surface area contributed by atoms with Crippen LogP contribution in [0.2, 0.25) is 0 Å². The van der Waals surface area contributed by atoms with E-state index in [9.17, 15) is 19.4 Å². The highest BCUT2D eigenvalue weighted by Crippen LogP contribution is 2.60. The Labute approximate surface area is 257 Å². The third-order valence-corrected chi connectivity index (χ3v) is 10.8. The van der Waals surface area contributed by atoms with Crippen LogP contribution in [-0.4, -0.2) is 114 Å². The Kier molecular flexibility index (Phi) is 7.53. The maximum atomic E-state index is 16.1. The first-order valence-corrected chi connectivity index (χ1v) is 18.4. The van der Waals surface area contributed by atoms with Crippen LogP contribution in [0.1, 0.15) is 19.6 Å². The Balaban J connectivity index is 1.19. The molecule has 44 heavy (non-hydrogen) atoms. The molecule has 4 N–H and O–H groups in total. The van der Waals surface area contributed by atoms with Crippen molar-refractivity contribution in [2.45, 2.75) is 68.3 Å². The lowest BCUT2D eigenvalue weighted by atomic mass is 10.1. The normalized spacial score (nSPS) is 42.4. The quantitative estimate of drug-likeness (QED) is 0.245. The number of hydrogen-bond donors (Lipinski definition) is 4. The molecule has 3 fully saturated rings. The Morgan fingerprint density at radius 3 is 2.77 bits per heavy atom. The number of hydrogen-bond acceptors (Lipinski definition) is 16. The molecule has 1 saturated carbocycles. The predicted octanol–water partition coefficient (Wildman–Crippen LogP) is 0.287. The smallest absolute Gasteiger partial charge is 0.386 e. The molecule has 1 aliphatic carbocycles. The summed E-state index contributed by atoms with van der Waals surface area (Å²) in [6, 6.07) is -1.89. The maximum absolute atomic E-state index is 16.1. The third-order valence-electron chi connectivity index (χ3n) is 7.67. The van der Waals surface area contributed by atoms with Crippen molar-refractivity contribution in [1.82, 2.24) is 24.4 Å². The number of thiol groups is 1. The van der Waals surface area contributed by atoms with Gasteiger partial charge in [-0.15, -0.1) is 0 Å². The molecule has 11 atom stereocenters. The summed E-state index contributed by atoms with van der Waals surface area (Å²) >= 11 is 9.33. The Morgan fingerprint density at radius 2 is 1.98 bits per heavy atom. The molecule has 6 heterocycles. The number of aliphatic hydroxyl groups excluding tert-OH is 1. The van der Waals surface area contributed by atoms with Crippen molar-refractivity contribution >= 4 is 78.5 Å². The Morgan fingerprint density at radius 1 is 1.18 bits per heavy atom. The fraction of sp³-hybridized carbons (Fsp3) is 0.571. The minimum atomic E-state index is -4.43. The number of halogens is 1. The van der Waals surface area contributed by atoms with Crippen LogP contribution in [0.5, 0.6) is 0 Å². The van der Waals surface area contributed by atoms with Gasteiger partial charge in [-0.2, -0.15) is 4.99 Å². The number of anilines is 1. The second-order valence-corrected chi connectivity index (χ2v) is 16.1. The van der Waals surface area contributed by atoms with E-state index in [1.165, 1.54) is 35.4 Å². The van der Waals surface area contributed by atoms with Crippen molar-refractivity contribution in [3.63, 3.8) is 0 Å². The first kappa shape index (κ1) is 30.4. The van der Waals surface area contributed by atoms with Crippen molar-refractivity contribution in [2.24, 2.45) is 15.0 Å². The minimum absolute atomic E-state index is 0.0627. The largest absolute Gasteiger partial charge is 0.388 e. The van der Waals surface area contributed by atoms with Gasteiger partial charge in [0, 0.05) is 6.42 Å². The number of nitrogens with zero attached hydrogens (tertiary/aromatic N) is 8. The lowest BCUT2D eigenvalue weighted by Crippen LogP contribution is -2.48. The third kappa shape index (κ3) is 5.23. The average molecular weight is 692 g/mol. The van der Waals surface area contributed by atoms with Gasteiger partial charge in [-0.3, -0.25) is 23.4 Å². The first-order valence-electron chi connectivity index (χ1n) is 13.1. The van der Waals surface area contributed by atoms with Crippen LogP contribution >= 0.6 is 25.8 Å². The molecule has 18 nitrogen and oxygen atoms in total. The number of aromatic nitrogens is 4. The highest BCUT2D eigenvalue weighted by Gasteiger charge is 2.56. The second kappa shape index (κ2) is 10.9. The molecule has 2 saturated heterocycles. The predicted molar refractivity (Wildman–Crippen MR) is 156 cm³/mol. The zero-order valence-electron chi connectivity index (χ0n) is 22.4. The van der Waals surface area contributed by atoms with Gasteiger partial charge in [0.1, 0.15) is 47.9 Å². The van der Waals surface area contributed by atoms with Gasteiger partial charge < -0.3 is 34.4 Å². The summed E-state index contributed by atoms with van der Waals surface area (Å²) in [7, 11) is 0. The topological polar surface area (TPSA) is 231 Å². The number of carbonyl (C=O) groups excluding carboxylic acids is 1. The second-order valence-electron chi connectivity index (χ2n) is 10.4. The van der Waals surface area contributed by atoms with Gasteiger partial charge in [0.2, 0.25) is 0 Å². The SMILES string of the molecule is CC1=NC(=O)C2N=CN([C@@H]3C[C@@H]4OP(=O)(S)O[C@H]5[C@H](F)[C@H](n6cnc7c(N)ncnc76)O[C@@H]5COP(O)(=S)O[C@@H]3[C@H]4O)C2=N1. The van der Waals surface area contributed by atoms with Crippen LogP contribution in [-0.2, 0) is 44.0 Å². The van der Waals surface area contributed by atoms with Gasteiger partial charge >= 0.3 is 13.5 Å². The van der Waals surface area contributed by atoms with Crippen LogP contribution in [0.4, 0.5) is 10.2 Å². The monoisotopic (exact) mass is 691 g/mol. The molecule has 1 amide bonds. The summed E-state index contributed by atoms with van der Waals surface area (Å²) in [6.07, 6.45) is -6.85. The van der Waals surface area contributed by atoms with Crippen LogP contribution < -0.4 is 5.73 Å². The number of ether oxygens (including phenoxy) is 1. The molecule has 0 radical (unpaired) electrons. The molecule has 2 bridgehead atoms. The Bertz CT molecular complexity index is 1730. The van der Waals surface area contributed by atoms with Crippen molar-refractivity contribution in [3.05, 3.63) is 12.7 Å². The van der Waals surface area contributed by atoms with E-state index in [0.29, 0.717) is 0 Å². The zero-order valence-corrected chi connectivity index (χ0v) is 25.9. The van der Waals surface area contributed by atoms with E-state index >= 15 is 4.39 Å². The fourth-order valence-corrected chi connectivity index (χ4v) is 9.06. The van der Waals surface area contributed by atoms with Gasteiger partial charge in [0.15, 0.2) is 29.9 Å². The standard InChI is InChI=1S/C21H24FN9O9P2S2/c1-7-28-19-13(20(33)29-7)27-5-30(19)8-2-9-14(32)15(8)39-41(34,43)36-3-10-16(40-42(35,44)38-9)11(22)21(37-10)31-6-26-12-17(23)24-4-25-18(12)31/h4-6,8-11,13-16,21,32H,2-3H2,1H3,(H,34,43)(H,35,44)(H2,23,24,25)/t8-,9+,10-,11+,13?,14+,15+,16-,21-,41?,42?/m1/s1. The summed E-state index contributed by atoms with van der Waals surface area (Å²) in [4.78, 5) is 49.3. The maximum Gasteiger partial charge on any atom is 0.386 e. The molecule has 0 aromatic carbocycles. The molecular weight excluding hydrogens is 667 g/mol. The molecule has 4 aliphatic heterocycles. The zero-order chi connectivity index (χ0) is 31.1. The van der Waals surface area contributed by atoms with Crippen molar-refractivity contribution < 1.29 is 46.6 Å². The number of amides is 1. The lowest BCUT2D eigenvalue weighted by Gasteiger charge is -2.33. The number of alkyl halides is 1. The van der Waals surface area contributed by atoms with Crippen molar-refractivity contribution in [3.8, 4) is 0 Å². The number of carbonyl (C=O) groups is 1. The molecule has 3 unspecified atom stereocenters. The first-order chi connectivity index (χ1) is 20.8. The summed E-state index contributed by atoms with van der Waals surface area (Å²) in [5.74, 6) is -0.0627. The summed E-state index contributed by atoms with van der Waals surface area (Å²) < 4.78 is 59.4. The lowest BCUT2D eigenvalue weighted by molar-refractivity contribution is -0.117. The number of nitrogen functional groups attached to an aromatic ring is 1. The number of aliphatic imine (C=N–C) groups is 3. The molecule has 236 valence electrons. The van der Waals surface area contributed by atoms with E-state index in [1.54, 1.807) is 0 Å². The van der Waals surface area contributed by atoms with E-state index in [0.717, 1.165) is 0 Å². The molecule has 2 aromatic rings. The molecular formula is C21H24FN9O9P2S2. The van der Waals surface area contributed by atoms with Crippen LogP contribution in [0.15, 0.2) is 27.6 Å². The summed E-state index contributed by atoms with van der Waals surface area (Å²) in [5.41, 5.74) is 6.21. The summed E-state index contributed by atoms with van der Waals surface area (Å²) in [5, 5.41) is 11.2. The van der Waals surface area contributed by atoms with Gasteiger partial charge in [-0.25, -0.2) is 28.9 Å². The number of amidine groups is 2. The number of rotatable bonds is 2. The molecule has 0 spiro atoms. The number of imidazole rings is 1. The molecule has 5 aliphatic rings. The van der Waals surface area contributed by atoms with Gasteiger partial charge in [-0.05, 0) is 18.7 Å². The van der Waals surface area contributed by atoms with Gasteiger partial charge in [0.05, 0.1) is 31.4 Å². The van der Waals surface area contributed by atoms with E-state index in [-0.39, 0.29) is 35.1 Å². The number of aliphatic hydroxyl groups is 1.